The first-order valence-corrected chi connectivity index (χ1v) is 12.3. The summed E-state index contributed by atoms with van der Waals surface area (Å²) in [6, 6.07) is 15.4. The molecule has 6 rings (SSSR count). The van der Waals surface area contributed by atoms with Crippen LogP contribution in [0.1, 0.15) is 25.1 Å². The molecule has 0 bridgehead atoms. The lowest BCUT2D eigenvalue weighted by Crippen LogP contribution is -2.20. The summed E-state index contributed by atoms with van der Waals surface area (Å²) in [5.74, 6) is 1.86. The van der Waals surface area contributed by atoms with E-state index in [-0.39, 0.29) is 5.43 Å². The first-order valence-electron chi connectivity index (χ1n) is 12.3. The van der Waals surface area contributed by atoms with Crippen LogP contribution in [-0.4, -0.2) is 40.7 Å². The van der Waals surface area contributed by atoms with E-state index in [0.717, 1.165) is 42.1 Å². The molecular formula is C27H27N7O2. The Morgan fingerprint density at radius 2 is 1.92 bits per heavy atom. The predicted molar refractivity (Wildman–Crippen MR) is 136 cm³/mol. The van der Waals surface area contributed by atoms with Crippen molar-refractivity contribution >= 4 is 11.2 Å². The number of rotatable bonds is 9. The van der Waals surface area contributed by atoms with Crippen molar-refractivity contribution in [1.29, 1.82) is 0 Å². The van der Waals surface area contributed by atoms with Crippen LogP contribution in [0.2, 0.25) is 0 Å². The fourth-order valence-corrected chi connectivity index (χ4v) is 4.41. The Hall–Kier alpha value is -4.27. The third-order valence-corrected chi connectivity index (χ3v) is 6.48. The Labute approximate surface area is 208 Å². The third kappa shape index (κ3) is 4.39. The van der Waals surface area contributed by atoms with Gasteiger partial charge < -0.3 is 9.30 Å². The number of nitrogens with zero attached hydrogens (tertiary/aromatic N) is 7. The molecule has 0 unspecified atom stereocenters. The largest absolute Gasteiger partial charge is 0.488 e. The fourth-order valence-electron chi connectivity index (χ4n) is 4.41. The number of hydrogen-bond donors (Lipinski definition) is 0. The molecule has 9 heteroatoms. The summed E-state index contributed by atoms with van der Waals surface area (Å²) >= 11 is 0. The zero-order valence-electron chi connectivity index (χ0n) is 20.1. The first kappa shape index (κ1) is 22.2. The molecule has 1 aliphatic rings. The second kappa shape index (κ2) is 9.41. The third-order valence-electron chi connectivity index (χ3n) is 6.48. The molecule has 182 valence electrons. The molecule has 1 aliphatic carbocycles. The van der Waals surface area contributed by atoms with E-state index in [1.807, 2.05) is 64.8 Å². The average molecular weight is 482 g/mol. The van der Waals surface area contributed by atoms with E-state index in [1.165, 1.54) is 12.8 Å². The zero-order chi connectivity index (χ0) is 24.5. The molecule has 0 saturated heterocycles. The maximum absolute atomic E-state index is 13.5. The maximum atomic E-state index is 13.5. The number of fused-ring (bicyclic) bond motifs is 1. The summed E-state index contributed by atoms with van der Waals surface area (Å²) in [6.45, 7) is 1.17. The smallest absolute Gasteiger partial charge is 0.251 e. The van der Waals surface area contributed by atoms with E-state index in [0.29, 0.717) is 29.7 Å². The summed E-state index contributed by atoms with van der Waals surface area (Å²) in [5.41, 5.74) is 3.38. The van der Waals surface area contributed by atoms with Gasteiger partial charge in [-0.2, -0.15) is 10.2 Å². The normalized spacial score (nSPS) is 13.4. The minimum atomic E-state index is -0.230. The van der Waals surface area contributed by atoms with E-state index in [9.17, 15) is 4.79 Å². The Kier molecular flexibility index (Phi) is 5.80. The molecule has 1 aromatic carbocycles. The fraction of sp³-hybridized carbons (Fsp3) is 0.296. The van der Waals surface area contributed by atoms with Crippen molar-refractivity contribution < 1.29 is 4.74 Å². The molecule has 36 heavy (non-hydrogen) atoms. The van der Waals surface area contributed by atoms with Gasteiger partial charge in [0.1, 0.15) is 11.3 Å². The summed E-state index contributed by atoms with van der Waals surface area (Å²) in [4.78, 5) is 22.5. The molecule has 4 heterocycles. The van der Waals surface area contributed by atoms with Crippen LogP contribution in [0.5, 0.6) is 5.75 Å². The monoisotopic (exact) mass is 481 g/mol. The van der Waals surface area contributed by atoms with Gasteiger partial charge in [-0.1, -0.05) is 18.2 Å². The van der Waals surface area contributed by atoms with Crippen LogP contribution in [0, 0.1) is 5.92 Å². The molecule has 0 aliphatic heterocycles. The number of hydrogen-bond acceptors (Lipinski definition) is 6. The van der Waals surface area contributed by atoms with Gasteiger partial charge in [0.2, 0.25) is 0 Å². The van der Waals surface area contributed by atoms with Gasteiger partial charge in [0.05, 0.1) is 30.4 Å². The van der Waals surface area contributed by atoms with Crippen LogP contribution < -0.4 is 10.2 Å². The molecule has 4 aromatic heterocycles. The SMILES string of the molecule is Cn1c(CCCOc2cn(CC3CC3)nc(-c3ccnn3-c3ccccc3)c2=O)nc2cccnc21. The lowest BCUT2D eigenvalue weighted by Gasteiger charge is -2.13. The van der Waals surface area contributed by atoms with E-state index in [2.05, 4.69) is 15.1 Å². The summed E-state index contributed by atoms with van der Waals surface area (Å²) in [6.07, 6.45) is 9.03. The second-order valence-corrected chi connectivity index (χ2v) is 9.19. The molecule has 0 amide bonds. The van der Waals surface area contributed by atoms with E-state index in [4.69, 9.17) is 9.84 Å². The van der Waals surface area contributed by atoms with Crippen molar-refractivity contribution in [2.75, 3.05) is 6.61 Å². The second-order valence-electron chi connectivity index (χ2n) is 9.19. The van der Waals surface area contributed by atoms with Crippen LogP contribution in [-0.2, 0) is 20.0 Å². The van der Waals surface area contributed by atoms with Gasteiger partial charge in [0.15, 0.2) is 17.1 Å². The number of ether oxygens (including phenoxy) is 1. The van der Waals surface area contributed by atoms with Crippen molar-refractivity contribution in [3.05, 3.63) is 83.2 Å². The highest BCUT2D eigenvalue weighted by Gasteiger charge is 2.24. The number of pyridine rings is 1. The topological polar surface area (TPSA) is 92.7 Å². The Morgan fingerprint density at radius 1 is 1.06 bits per heavy atom. The molecule has 0 atom stereocenters. The highest BCUT2D eigenvalue weighted by molar-refractivity contribution is 5.70. The molecule has 0 spiro atoms. The number of imidazole rings is 1. The lowest BCUT2D eigenvalue weighted by atomic mass is 10.2. The van der Waals surface area contributed by atoms with Crippen molar-refractivity contribution in [2.45, 2.75) is 32.2 Å². The van der Waals surface area contributed by atoms with Crippen LogP contribution in [0.4, 0.5) is 0 Å². The summed E-state index contributed by atoms with van der Waals surface area (Å²) < 4.78 is 11.6. The van der Waals surface area contributed by atoms with E-state index in [1.54, 1.807) is 23.3 Å². The molecule has 1 fully saturated rings. The van der Waals surface area contributed by atoms with Gasteiger partial charge in [-0.15, -0.1) is 0 Å². The number of aryl methyl sites for hydroxylation is 2. The highest BCUT2D eigenvalue weighted by atomic mass is 16.5. The summed E-state index contributed by atoms with van der Waals surface area (Å²) in [5, 5.41) is 9.14. The van der Waals surface area contributed by atoms with Crippen LogP contribution in [0.3, 0.4) is 0 Å². The van der Waals surface area contributed by atoms with Crippen molar-refractivity contribution in [1.82, 2.24) is 34.1 Å². The summed E-state index contributed by atoms with van der Waals surface area (Å²) in [7, 11) is 1.97. The number of aromatic nitrogens is 7. The highest BCUT2D eigenvalue weighted by Crippen LogP contribution is 2.31. The number of para-hydroxylation sites is 1. The predicted octanol–water partition coefficient (Wildman–Crippen LogP) is 3.80. The van der Waals surface area contributed by atoms with Gasteiger partial charge in [-0.3, -0.25) is 9.48 Å². The van der Waals surface area contributed by atoms with Crippen LogP contribution >= 0.6 is 0 Å². The molecular weight excluding hydrogens is 454 g/mol. The first-order chi connectivity index (χ1) is 17.7. The average Bonchev–Trinajstić information content (AvgIpc) is 3.48. The van der Waals surface area contributed by atoms with Gasteiger partial charge in [-0.25, -0.2) is 14.6 Å². The Bertz CT molecular complexity index is 1560. The Balaban J connectivity index is 1.25. The maximum Gasteiger partial charge on any atom is 0.251 e. The standard InChI is InChI=1S/C27H27N7O2/c1-32-24(30-21-9-5-14-28-27(21)32)10-6-16-36-23-18-33(17-19-11-12-19)31-25(26(23)35)22-13-15-29-34(22)20-7-3-2-4-8-20/h2-5,7-9,13-15,18-19H,6,10-12,16-17H2,1H3. The van der Waals surface area contributed by atoms with Crippen molar-refractivity contribution in [3.63, 3.8) is 0 Å². The molecule has 5 aromatic rings. The van der Waals surface area contributed by atoms with Gasteiger partial charge in [0, 0.05) is 26.2 Å². The molecule has 9 nitrogen and oxygen atoms in total. The van der Waals surface area contributed by atoms with E-state index >= 15 is 0 Å². The molecule has 0 radical (unpaired) electrons. The van der Waals surface area contributed by atoms with Crippen molar-refractivity contribution in [2.24, 2.45) is 13.0 Å². The lowest BCUT2D eigenvalue weighted by molar-refractivity contribution is 0.301. The molecule has 1 saturated carbocycles. The van der Waals surface area contributed by atoms with E-state index < -0.39 is 0 Å². The minimum Gasteiger partial charge on any atom is -0.488 e. The van der Waals surface area contributed by atoms with Gasteiger partial charge in [-0.05, 0) is 55.5 Å². The quantitative estimate of drug-likeness (QED) is 0.297. The van der Waals surface area contributed by atoms with Gasteiger partial charge in [0.25, 0.3) is 5.43 Å². The van der Waals surface area contributed by atoms with Crippen LogP contribution in [0.15, 0.2) is 71.9 Å². The number of benzene rings is 1. The van der Waals surface area contributed by atoms with Gasteiger partial charge >= 0.3 is 0 Å². The zero-order valence-corrected chi connectivity index (χ0v) is 20.1. The Morgan fingerprint density at radius 3 is 2.72 bits per heavy atom. The minimum absolute atomic E-state index is 0.230. The molecule has 0 N–H and O–H groups in total. The van der Waals surface area contributed by atoms with Crippen LogP contribution in [0.25, 0.3) is 28.2 Å². The van der Waals surface area contributed by atoms with Crippen molar-refractivity contribution in [3.8, 4) is 22.8 Å².